The van der Waals surface area contributed by atoms with Gasteiger partial charge in [0.2, 0.25) is 0 Å². The van der Waals surface area contributed by atoms with Gasteiger partial charge in [0.15, 0.2) is 0 Å². The summed E-state index contributed by atoms with van der Waals surface area (Å²) in [5.74, 6) is 0.774. The normalized spacial score (nSPS) is 29.4. The van der Waals surface area contributed by atoms with E-state index >= 15 is 0 Å². The first-order valence-corrected chi connectivity index (χ1v) is 6.65. The molecule has 2 atom stereocenters. The van der Waals surface area contributed by atoms with Gasteiger partial charge in [0.05, 0.1) is 0 Å². The average molecular weight is 266 g/mol. The zero-order valence-corrected chi connectivity index (χ0v) is 10.4. The molecule has 1 heterocycles. The second kappa shape index (κ2) is 3.91. The van der Waals surface area contributed by atoms with Gasteiger partial charge in [-0.1, -0.05) is 22.0 Å². The summed E-state index contributed by atoms with van der Waals surface area (Å²) < 4.78 is 1.22. The van der Waals surface area contributed by atoms with Gasteiger partial charge in [0.25, 0.3) is 0 Å². The van der Waals surface area contributed by atoms with E-state index in [9.17, 15) is 0 Å². The van der Waals surface area contributed by atoms with Crippen LogP contribution in [0.3, 0.4) is 0 Å². The number of halogens is 1. The molecule has 1 aromatic rings. The van der Waals surface area contributed by atoms with Crippen LogP contribution in [0.5, 0.6) is 0 Å². The summed E-state index contributed by atoms with van der Waals surface area (Å²) in [6.45, 7) is 1.22. The van der Waals surface area contributed by atoms with E-state index in [0.29, 0.717) is 0 Å². The summed E-state index contributed by atoms with van der Waals surface area (Å²) in [6, 6.07) is 7.54. The molecule has 1 fully saturated rings. The maximum atomic E-state index is 3.64. The van der Waals surface area contributed by atoms with E-state index in [2.05, 4.69) is 39.4 Å². The van der Waals surface area contributed by atoms with E-state index in [0.717, 1.165) is 12.0 Å². The van der Waals surface area contributed by atoms with E-state index in [1.165, 1.54) is 36.7 Å². The van der Waals surface area contributed by atoms with Gasteiger partial charge in [-0.05, 0) is 61.4 Å². The number of hydrogen-bond donors (Lipinski definition) is 1. The molecule has 0 amide bonds. The smallest absolute Gasteiger partial charge is 0.0178 e. The third-order valence-corrected chi connectivity index (χ3v) is 4.31. The van der Waals surface area contributed by atoms with Crippen molar-refractivity contribution >= 4 is 15.9 Å². The Morgan fingerprint density at radius 2 is 2.20 bits per heavy atom. The molecule has 2 unspecified atom stereocenters. The third-order valence-electron chi connectivity index (χ3n) is 3.81. The quantitative estimate of drug-likeness (QED) is 0.822. The maximum Gasteiger partial charge on any atom is 0.0178 e. The summed E-state index contributed by atoms with van der Waals surface area (Å²) in [7, 11) is 0. The van der Waals surface area contributed by atoms with Gasteiger partial charge in [-0.15, -0.1) is 0 Å². The van der Waals surface area contributed by atoms with Crippen molar-refractivity contribution in [3.63, 3.8) is 0 Å². The van der Waals surface area contributed by atoms with Crippen LogP contribution in [0.1, 0.15) is 36.3 Å². The summed E-state index contributed by atoms with van der Waals surface area (Å²) >= 11 is 3.55. The molecule has 2 aliphatic rings. The molecule has 1 aliphatic heterocycles. The number of hydrogen-bond acceptors (Lipinski definition) is 1. The van der Waals surface area contributed by atoms with Gasteiger partial charge in [0.1, 0.15) is 0 Å². The van der Waals surface area contributed by atoms with E-state index in [1.807, 2.05) is 0 Å². The monoisotopic (exact) mass is 265 g/mol. The zero-order valence-electron chi connectivity index (χ0n) is 8.80. The average Bonchev–Trinajstić information content (AvgIpc) is 2.82. The fourth-order valence-corrected chi connectivity index (χ4v) is 3.50. The van der Waals surface area contributed by atoms with Crippen molar-refractivity contribution in [1.82, 2.24) is 5.32 Å². The van der Waals surface area contributed by atoms with Crippen LogP contribution in [0.25, 0.3) is 0 Å². The van der Waals surface area contributed by atoms with Gasteiger partial charge in [0, 0.05) is 10.5 Å². The molecule has 0 aromatic heterocycles. The topological polar surface area (TPSA) is 12.0 Å². The van der Waals surface area contributed by atoms with Crippen LogP contribution in [0.2, 0.25) is 0 Å². The Labute approximate surface area is 99.4 Å². The predicted molar refractivity (Wildman–Crippen MR) is 66.2 cm³/mol. The van der Waals surface area contributed by atoms with Crippen LogP contribution >= 0.6 is 15.9 Å². The minimum atomic E-state index is 0.743. The van der Waals surface area contributed by atoms with E-state index in [-0.39, 0.29) is 0 Å². The fraction of sp³-hybridized carbons (Fsp3) is 0.538. The molecule has 1 nitrogen and oxygen atoms in total. The Morgan fingerprint density at radius 3 is 3.00 bits per heavy atom. The van der Waals surface area contributed by atoms with Crippen molar-refractivity contribution in [2.75, 3.05) is 6.54 Å². The summed E-state index contributed by atoms with van der Waals surface area (Å²) in [5, 5.41) is 3.64. The van der Waals surface area contributed by atoms with Gasteiger partial charge >= 0.3 is 0 Å². The Morgan fingerprint density at radius 1 is 1.27 bits per heavy atom. The third kappa shape index (κ3) is 1.74. The van der Waals surface area contributed by atoms with Crippen LogP contribution in [0.4, 0.5) is 0 Å². The Kier molecular flexibility index (Phi) is 2.57. The number of aryl methyl sites for hydroxylation is 1. The van der Waals surface area contributed by atoms with Crippen LogP contribution in [-0.2, 0) is 6.42 Å². The van der Waals surface area contributed by atoms with Crippen LogP contribution in [-0.4, -0.2) is 12.6 Å². The fourth-order valence-electron chi connectivity index (χ4n) is 3.09. The zero-order chi connectivity index (χ0) is 10.3. The second-order valence-electron chi connectivity index (χ2n) is 4.69. The Bertz CT molecular complexity index is 369. The number of nitrogens with one attached hydrogen (secondary N) is 1. The first kappa shape index (κ1) is 9.86. The molecule has 1 saturated heterocycles. The van der Waals surface area contributed by atoms with Crippen LogP contribution < -0.4 is 5.32 Å². The van der Waals surface area contributed by atoms with Gasteiger partial charge in [-0.3, -0.25) is 0 Å². The standard InChI is InChI=1S/C13H16BrN/c14-10-4-6-11-9(8-10)3-5-12(11)13-2-1-7-15-13/h4,6,8,12-13,15H,1-3,5,7H2. The molecule has 1 aromatic carbocycles. The first-order chi connectivity index (χ1) is 7.34. The molecule has 0 radical (unpaired) electrons. The SMILES string of the molecule is Brc1ccc2c(c1)CCC2C1CCCN1. The van der Waals surface area contributed by atoms with Crippen molar-refractivity contribution in [1.29, 1.82) is 0 Å². The maximum absolute atomic E-state index is 3.64. The Hall–Kier alpha value is -0.340. The van der Waals surface area contributed by atoms with Crippen molar-refractivity contribution in [2.45, 2.75) is 37.6 Å². The first-order valence-electron chi connectivity index (χ1n) is 5.86. The lowest BCUT2D eigenvalue weighted by molar-refractivity contribution is 0.486. The highest BCUT2D eigenvalue weighted by Crippen LogP contribution is 2.38. The minimum absolute atomic E-state index is 0.743. The molecule has 1 N–H and O–H groups in total. The summed E-state index contributed by atoms with van der Waals surface area (Å²) in [5.41, 5.74) is 3.15. The molecule has 1 aliphatic carbocycles. The summed E-state index contributed by atoms with van der Waals surface area (Å²) in [4.78, 5) is 0. The van der Waals surface area contributed by atoms with Crippen molar-refractivity contribution in [3.05, 3.63) is 33.8 Å². The second-order valence-corrected chi connectivity index (χ2v) is 5.61. The minimum Gasteiger partial charge on any atom is -0.313 e. The highest BCUT2D eigenvalue weighted by molar-refractivity contribution is 9.10. The lowest BCUT2D eigenvalue weighted by atomic mass is 9.92. The Balaban J connectivity index is 1.90. The molecule has 0 spiro atoms. The summed E-state index contributed by atoms with van der Waals surface area (Å²) in [6.07, 6.45) is 5.31. The van der Waals surface area contributed by atoms with Crippen LogP contribution in [0.15, 0.2) is 22.7 Å². The molecular formula is C13H16BrN. The van der Waals surface area contributed by atoms with E-state index < -0.39 is 0 Å². The molecule has 3 rings (SSSR count). The lowest BCUT2D eigenvalue weighted by Crippen LogP contribution is -2.27. The van der Waals surface area contributed by atoms with E-state index in [4.69, 9.17) is 0 Å². The highest BCUT2D eigenvalue weighted by atomic mass is 79.9. The number of rotatable bonds is 1. The molecule has 2 heteroatoms. The lowest BCUT2D eigenvalue weighted by Gasteiger charge is -2.19. The predicted octanol–water partition coefficient (Wildman–Crippen LogP) is 3.23. The molecule has 0 saturated carbocycles. The van der Waals surface area contributed by atoms with Crippen molar-refractivity contribution in [2.24, 2.45) is 0 Å². The molecule has 15 heavy (non-hydrogen) atoms. The number of benzene rings is 1. The van der Waals surface area contributed by atoms with Crippen molar-refractivity contribution in [3.8, 4) is 0 Å². The molecular weight excluding hydrogens is 250 g/mol. The number of fused-ring (bicyclic) bond motifs is 1. The molecule has 80 valence electrons. The van der Waals surface area contributed by atoms with Gasteiger partial charge in [-0.25, -0.2) is 0 Å². The van der Waals surface area contributed by atoms with Crippen molar-refractivity contribution < 1.29 is 0 Å². The van der Waals surface area contributed by atoms with Gasteiger partial charge < -0.3 is 5.32 Å². The largest absolute Gasteiger partial charge is 0.313 e. The van der Waals surface area contributed by atoms with E-state index in [1.54, 1.807) is 11.1 Å². The highest BCUT2D eigenvalue weighted by Gasteiger charge is 2.31. The van der Waals surface area contributed by atoms with Crippen LogP contribution in [0, 0.1) is 0 Å². The van der Waals surface area contributed by atoms with Gasteiger partial charge in [-0.2, -0.15) is 0 Å². The molecule has 0 bridgehead atoms.